The van der Waals surface area contributed by atoms with Crippen LogP contribution in [0.2, 0.25) is 0 Å². The minimum absolute atomic E-state index is 0.0331. The lowest BCUT2D eigenvalue weighted by Crippen LogP contribution is -2.22. The highest BCUT2D eigenvalue weighted by atomic mass is 79.9. The van der Waals surface area contributed by atoms with Gasteiger partial charge in [-0.25, -0.2) is 9.38 Å². The summed E-state index contributed by atoms with van der Waals surface area (Å²) in [6.07, 6.45) is 1.90. The Balaban J connectivity index is 1.40. The first-order valence-corrected chi connectivity index (χ1v) is 10.7. The number of benzene rings is 3. The van der Waals surface area contributed by atoms with Gasteiger partial charge < -0.3 is 4.74 Å². The van der Waals surface area contributed by atoms with Gasteiger partial charge in [-0.05, 0) is 53.6 Å². The molecule has 6 heteroatoms. The van der Waals surface area contributed by atoms with E-state index in [-0.39, 0.29) is 5.56 Å². The number of para-hydroxylation sites is 2. The molecule has 0 spiro atoms. The molecule has 29 heavy (non-hydrogen) atoms. The first kappa shape index (κ1) is 18.1. The molecule has 3 aromatic carbocycles. The van der Waals surface area contributed by atoms with E-state index >= 15 is 0 Å². The van der Waals surface area contributed by atoms with Gasteiger partial charge in [0.05, 0.1) is 15.6 Å². The summed E-state index contributed by atoms with van der Waals surface area (Å²) in [5.41, 5.74) is 3.71. The summed E-state index contributed by atoms with van der Waals surface area (Å²) >= 11 is 4.84. The molecule has 0 aliphatic carbocycles. The van der Waals surface area contributed by atoms with Crippen molar-refractivity contribution >= 4 is 49.3 Å². The van der Waals surface area contributed by atoms with E-state index in [4.69, 9.17) is 4.74 Å². The van der Waals surface area contributed by atoms with E-state index in [0.29, 0.717) is 11.1 Å². The highest BCUT2D eigenvalue weighted by Crippen LogP contribution is 2.18. The maximum Gasteiger partial charge on any atom is 0.274 e. The number of halogens is 1. The summed E-state index contributed by atoms with van der Waals surface area (Å²) in [4.78, 5) is 18.1. The quantitative estimate of drug-likeness (QED) is 0.385. The number of ether oxygens (including phenoxy) is 1. The predicted molar refractivity (Wildman–Crippen MR) is 121 cm³/mol. The molecular weight excluding hydrogens is 448 g/mol. The summed E-state index contributed by atoms with van der Waals surface area (Å²) in [7, 11) is 0. The van der Waals surface area contributed by atoms with E-state index in [0.717, 1.165) is 37.3 Å². The van der Waals surface area contributed by atoms with Gasteiger partial charge in [-0.1, -0.05) is 63.7 Å². The number of aromatic nitrogens is 2. The van der Waals surface area contributed by atoms with Crippen molar-refractivity contribution in [3.63, 3.8) is 0 Å². The smallest absolute Gasteiger partial charge is 0.274 e. The summed E-state index contributed by atoms with van der Waals surface area (Å²) in [6.45, 7) is 0.510. The molecule has 5 aromatic rings. The van der Waals surface area contributed by atoms with E-state index < -0.39 is 0 Å². The van der Waals surface area contributed by atoms with E-state index in [2.05, 4.69) is 20.9 Å². The lowest BCUT2D eigenvalue weighted by molar-refractivity contribution is 0.306. The third kappa shape index (κ3) is 3.57. The fourth-order valence-electron chi connectivity index (χ4n) is 3.17. The average Bonchev–Trinajstić information content (AvgIpc) is 3.25. The molecule has 142 valence electrons. The fourth-order valence-corrected chi connectivity index (χ4v) is 4.42. The normalized spacial score (nSPS) is 12.1. The zero-order valence-corrected chi connectivity index (χ0v) is 17.6. The van der Waals surface area contributed by atoms with Gasteiger partial charge in [0.25, 0.3) is 5.56 Å². The Labute approximate surface area is 178 Å². The third-order valence-electron chi connectivity index (χ3n) is 4.64. The van der Waals surface area contributed by atoms with Crippen LogP contribution in [-0.4, -0.2) is 9.38 Å². The van der Waals surface area contributed by atoms with E-state index in [1.54, 1.807) is 4.40 Å². The topological polar surface area (TPSA) is 43.6 Å². The molecule has 2 aromatic heterocycles. The lowest BCUT2D eigenvalue weighted by atomic mass is 10.2. The molecule has 0 bridgehead atoms. The monoisotopic (exact) mass is 462 g/mol. The standard InChI is InChI=1S/C23H15BrN2O2S/c24-17-9-5-16(6-10-17)14-28-18-11-7-15(8-12-18)13-21-22(27)26-20-4-2-1-3-19(20)25-23(26)29-21/h1-13H,14H2. The van der Waals surface area contributed by atoms with E-state index in [1.807, 2.05) is 78.9 Å². The second-order valence-corrected chi connectivity index (χ2v) is 8.54. The number of imidazole rings is 1. The van der Waals surface area contributed by atoms with Crippen LogP contribution in [0.5, 0.6) is 5.75 Å². The molecule has 0 amide bonds. The van der Waals surface area contributed by atoms with Gasteiger partial charge in [0.1, 0.15) is 12.4 Å². The van der Waals surface area contributed by atoms with Gasteiger partial charge in [0.15, 0.2) is 4.96 Å². The molecule has 4 nitrogen and oxygen atoms in total. The van der Waals surface area contributed by atoms with Crippen LogP contribution in [0.4, 0.5) is 0 Å². The number of rotatable bonds is 4. The van der Waals surface area contributed by atoms with Gasteiger partial charge in [-0.15, -0.1) is 0 Å². The molecular formula is C23H15BrN2O2S. The summed E-state index contributed by atoms with van der Waals surface area (Å²) in [5.74, 6) is 0.791. The van der Waals surface area contributed by atoms with Crippen molar-refractivity contribution in [1.29, 1.82) is 0 Å². The van der Waals surface area contributed by atoms with Crippen molar-refractivity contribution in [3.8, 4) is 5.75 Å². The molecule has 2 heterocycles. The minimum atomic E-state index is -0.0331. The zero-order valence-electron chi connectivity index (χ0n) is 15.2. The van der Waals surface area contributed by atoms with Crippen molar-refractivity contribution < 1.29 is 4.74 Å². The Morgan fingerprint density at radius 2 is 1.76 bits per heavy atom. The Bertz CT molecular complexity index is 1420. The van der Waals surface area contributed by atoms with Gasteiger partial charge >= 0.3 is 0 Å². The average molecular weight is 463 g/mol. The van der Waals surface area contributed by atoms with E-state index in [1.165, 1.54) is 11.3 Å². The SMILES string of the molecule is O=c1c(=Cc2ccc(OCc3ccc(Br)cc3)cc2)sc2nc3ccccc3n12. The van der Waals surface area contributed by atoms with Crippen LogP contribution in [0.3, 0.4) is 0 Å². The van der Waals surface area contributed by atoms with Crippen molar-refractivity contribution in [3.05, 3.63) is 103 Å². The van der Waals surface area contributed by atoms with Gasteiger partial charge in [-0.2, -0.15) is 0 Å². The van der Waals surface area contributed by atoms with Crippen molar-refractivity contribution in [2.45, 2.75) is 6.61 Å². The highest BCUT2D eigenvalue weighted by molar-refractivity contribution is 9.10. The molecule has 0 aliphatic heterocycles. The van der Waals surface area contributed by atoms with Crippen LogP contribution in [0.15, 0.2) is 82.1 Å². The van der Waals surface area contributed by atoms with Gasteiger partial charge in [-0.3, -0.25) is 4.79 Å². The van der Waals surface area contributed by atoms with Gasteiger partial charge in [0, 0.05) is 4.47 Å². The van der Waals surface area contributed by atoms with E-state index in [9.17, 15) is 4.79 Å². The van der Waals surface area contributed by atoms with Crippen LogP contribution in [-0.2, 0) is 6.61 Å². The Hall–Kier alpha value is -2.96. The number of fused-ring (bicyclic) bond motifs is 3. The maximum atomic E-state index is 12.8. The fraction of sp³-hybridized carbons (Fsp3) is 0.0435. The summed E-state index contributed by atoms with van der Waals surface area (Å²) in [6, 6.07) is 23.5. The zero-order chi connectivity index (χ0) is 19.8. The first-order chi connectivity index (χ1) is 14.2. The lowest BCUT2D eigenvalue weighted by Gasteiger charge is -2.06. The molecule has 0 saturated carbocycles. The minimum Gasteiger partial charge on any atom is -0.489 e. The predicted octanol–water partition coefficient (Wildman–Crippen LogP) is 4.80. The van der Waals surface area contributed by atoms with Crippen molar-refractivity contribution in [2.24, 2.45) is 0 Å². The summed E-state index contributed by atoms with van der Waals surface area (Å²) in [5, 5.41) is 0. The van der Waals surface area contributed by atoms with Crippen LogP contribution >= 0.6 is 27.3 Å². The van der Waals surface area contributed by atoms with Crippen LogP contribution in [0.25, 0.3) is 22.1 Å². The molecule has 0 unspecified atom stereocenters. The number of thiazole rings is 1. The third-order valence-corrected chi connectivity index (χ3v) is 6.14. The Morgan fingerprint density at radius 1 is 1.00 bits per heavy atom. The second kappa shape index (κ2) is 7.46. The summed E-state index contributed by atoms with van der Waals surface area (Å²) < 4.78 is 9.24. The number of hydrogen-bond acceptors (Lipinski definition) is 4. The highest BCUT2D eigenvalue weighted by Gasteiger charge is 2.10. The molecule has 5 rings (SSSR count). The number of hydrogen-bond donors (Lipinski definition) is 0. The van der Waals surface area contributed by atoms with Crippen LogP contribution in [0.1, 0.15) is 11.1 Å². The van der Waals surface area contributed by atoms with Gasteiger partial charge in [0.2, 0.25) is 0 Å². The Morgan fingerprint density at radius 3 is 2.55 bits per heavy atom. The molecule has 0 atom stereocenters. The van der Waals surface area contributed by atoms with Crippen molar-refractivity contribution in [1.82, 2.24) is 9.38 Å². The largest absolute Gasteiger partial charge is 0.489 e. The molecule has 0 saturated heterocycles. The second-order valence-electron chi connectivity index (χ2n) is 6.62. The van der Waals surface area contributed by atoms with Crippen molar-refractivity contribution in [2.75, 3.05) is 0 Å². The first-order valence-electron chi connectivity index (χ1n) is 9.06. The maximum absolute atomic E-state index is 12.8. The van der Waals surface area contributed by atoms with Crippen LogP contribution < -0.4 is 14.8 Å². The molecule has 0 aliphatic rings. The molecule has 0 fully saturated rings. The Kier molecular flexibility index (Phi) is 4.66. The number of nitrogens with zero attached hydrogens (tertiary/aromatic N) is 2. The molecule has 0 N–H and O–H groups in total. The molecule has 0 radical (unpaired) electrons. The van der Waals surface area contributed by atoms with Crippen LogP contribution in [0, 0.1) is 0 Å².